The number of amides is 1. The number of hydrogen-bond acceptors (Lipinski definition) is 5. The van der Waals surface area contributed by atoms with Gasteiger partial charge in [0.2, 0.25) is 0 Å². The second-order valence-corrected chi connectivity index (χ2v) is 6.53. The van der Waals surface area contributed by atoms with E-state index in [2.05, 4.69) is 31.7 Å². The Kier molecular flexibility index (Phi) is 6.85. The van der Waals surface area contributed by atoms with Crippen molar-refractivity contribution in [3.63, 3.8) is 0 Å². The van der Waals surface area contributed by atoms with E-state index in [0.717, 1.165) is 26.2 Å². The van der Waals surface area contributed by atoms with Crippen LogP contribution in [0.1, 0.15) is 27.7 Å². The van der Waals surface area contributed by atoms with E-state index in [4.69, 9.17) is 5.73 Å². The second kappa shape index (κ2) is 8.16. The van der Waals surface area contributed by atoms with Gasteiger partial charge in [0.05, 0.1) is 0 Å². The van der Waals surface area contributed by atoms with Crippen molar-refractivity contribution in [1.82, 2.24) is 14.7 Å². The second-order valence-electron chi connectivity index (χ2n) is 6.53. The molecule has 1 rings (SSSR count). The van der Waals surface area contributed by atoms with Crippen molar-refractivity contribution < 1.29 is 4.79 Å². The lowest BCUT2D eigenvalue weighted by molar-refractivity contribution is -0.128. The van der Waals surface area contributed by atoms with Gasteiger partial charge < -0.3 is 15.5 Å². The zero-order valence-electron chi connectivity index (χ0n) is 14.3. The number of hydrogen-bond donors (Lipinski definition) is 1. The lowest BCUT2D eigenvalue weighted by Gasteiger charge is -2.36. The first-order valence-electron chi connectivity index (χ1n) is 7.93. The molecule has 0 bridgehead atoms. The molecule has 0 spiro atoms. The molecule has 0 aromatic heterocycles. The first-order valence-corrected chi connectivity index (χ1v) is 7.93. The van der Waals surface area contributed by atoms with Crippen LogP contribution in [-0.2, 0) is 4.79 Å². The lowest BCUT2D eigenvalue weighted by Crippen LogP contribution is -2.50. The first-order chi connectivity index (χ1) is 10.3. The quantitative estimate of drug-likeness (QED) is 0.595. The number of rotatable bonds is 5. The Bertz CT molecular complexity index is 438. The highest BCUT2D eigenvalue weighted by atomic mass is 16.2. The number of piperazine rings is 1. The summed E-state index contributed by atoms with van der Waals surface area (Å²) in [5.74, 6) is -0.169. The molecule has 1 fully saturated rings. The molecule has 0 aromatic rings. The monoisotopic (exact) mass is 307 g/mol. The van der Waals surface area contributed by atoms with Crippen LogP contribution in [0, 0.1) is 11.3 Å². The van der Waals surface area contributed by atoms with Crippen molar-refractivity contribution in [2.45, 2.75) is 33.2 Å². The predicted octanol–water partition coefficient (Wildman–Crippen LogP) is 0.617. The SMILES string of the molecule is CCN(/C=C(/C#N)C(=O)N1CCN(CCN)CC1)C(C)(C)C. The van der Waals surface area contributed by atoms with Crippen LogP contribution < -0.4 is 5.73 Å². The fourth-order valence-electron chi connectivity index (χ4n) is 2.57. The molecule has 2 N–H and O–H groups in total. The van der Waals surface area contributed by atoms with E-state index < -0.39 is 0 Å². The van der Waals surface area contributed by atoms with Crippen LogP contribution in [0.25, 0.3) is 0 Å². The number of nitrogens with zero attached hydrogens (tertiary/aromatic N) is 4. The fraction of sp³-hybridized carbons (Fsp3) is 0.750. The third kappa shape index (κ3) is 5.00. The number of nitrogens with two attached hydrogens (primary N) is 1. The highest BCUT2D eigenvalue weighted by Gasteiger charge is 2.25. The Labute approximate surface area is 134 Å². The molecule has 1 heterocycles. The maximum absolute atomic E-state index is 12.5. The smallest absolute Gasteiger partial charge is 0.266 e. The predicted molar refractivity (Wildman–Crippen MR) is 87.9 cm³/mol. The lowest BCUT2D eigenvalue weighted by atomic mass is 10.1. The van der Waals surface area contributed by atoms with Gasteiger partial charge in [0.1, 0.15) is 11.6 Å². The Morgan fingerprint density at radius 1 is 1.32 bits per heavy atom. The fourth-order valence-corrected chi connectivity index (χ4v) is 2.57. The molecular formula is C16H29N5O. The molecule has 1 saturated heterocycles. The van der Waals surface area contributed by atoms with E-state index in [1.807, 2.05) is 11.8 Å². The van der Waals surface area contributed by atoms with Crippen LogP contribution in [0.5, 0.6) is 0 Å². The molecule has 6 nitrogen and oxygen atoms in total. The minimum Gasteiger partial charge on any atom is -0.372 e. The molecule has 0 atom stereocenters. The molecular weight excluding hydrogens is 278 g/mol. The maximum atomic E-state index is 12.5. The summed E-state index contributed by atoms with van der Waals surface area (Å²) >= 11 is 0. The van der Waals surface area contributed by atoms with Crippen LogP contribution in [0.2, 0.25) is 0 Å². The summed E-state index contributed by atoms with van der Waals surface area (Å²) in [6.45, 7) is 13.4. The summed E-state index contributed by atoms with van der Waals surface area (Å²) in [6, 6.07) is 2.07. The average molecular weight is 307 g/mol. The largest absolute Gasteiger partial charge is 0.372 e. The van der Waals surface area contributed by atoms with Crippen molar-refractivity contribution >= 4 is 5.91 Å². The minimum atomic E-state index is -0.169. The van der Waals surface area contributed by atoms with Crippen LogP contribution in [0.3, 0.4) is 0 Å². The third-order valence-corrected chi connectivity index (χ3v) is 3.94. The Morgan fingerprint density at radius 2 is 1.91 bits per heavy atom. The van der Waals surface area contributed by atoms with Gasteiger partial charge >= 0.3 is 0 Å². The topological polar surface area (TPSA) is 76.6 Å². The minimum absolute atomic E-state index is 0.114. The van der Waals surface area contributed by atoms with Crippen LogP contribution >= 0.6 is 0 Å². The van der Waals surface area contributed by atoms with Crippen molar-refractivity contribution in [2.75, 3.05) is 45.8 Å². The molecule has 0 unspecified atom stereocenters. The van der Waals surface area contributed by atoms with E-state index in [1.54, 1.807) is 11.1 Å². The first kappa shape index (κ1) is 18.5. The van der Waals surface area contributed by atoms with Gasteiger partial charge in [-0.1, -0.05) is 0 Å². The maximum Gasteiger partial charge on any atom is 0.266 e. The van der Waals surface area contributed by atoms with E-state index in [-0.39, 0.29) is 17.0 Å². The molecule has 0 aliphatic carbocycles. The van der Waals surface area contributed by atoms with E-state index >= 15 is 0 Å². The molecule has 0 radical (unpaired) electrons. The Morgan fingerprint density at radius 3 is 2.32 bits per heavy atom. The molecule has 124 valence electrons. The summed E-state index contributed by atoms with van der Waals surface area (Å²) in [5, 5.41) is 9.35. The number of nitriles is 1. The van der Waals surface area contributed by atoms with Gasteiger partial charge in [0.25, 0.3) is 5.91 Å². The van der Waals surface area contributed by atoms with Crippen LogP contribution in [0.4, 0.5) is 0 Å². The molecule has 1 amide bonds. The number of carbonyl (C=O) groups excluding carboxylic acids is 1. The van der Waals surface area contributed by atoms with Crippen molar-refractivity contribution in [2.24, 2.45) is 5.73 Å². The molecule has 22 heavy (non-hydrogen) atoms. The van der Waals surface area contributed by atoms with Gasteiger partial charge in [-0.3, -0.25) is 9.69 Å². The molecule has 1 aliphatic rings. The van der Waals surface area contributed by atoms with Gasteiger partial charge in [-0.15, -0.1) is 0 Å². The third-order valence-electron chi connectivity index (χ3n) is 3.94. The van der Waals surface area contributed by atoms with Gasteiger partial charge in [-0.25, -0.2) is 0 Å². The highest BCUT2D eigenvalue weighted by molar-refractivity contribution is 5.97. The Hall–Kier alpha value is -1.58. The zero-order valence-corrected chi connectivity index (χ0v) is 14.3. The van der Waals surface area contributed by atoms with Crippen molar-refractivity contribution in [3.05, 3.63) is 11.8 Å². The summed E-state index contributed by atoms with van der Waals surface area (Å²) in [5.41, 5.74) is 5.65. The van der Waals surface area contributed by atoms with Gasteiger partial charge in [0, 0.05) is 57.6 Å². The molecule has 1 aliphatic heterocycles. The Balaban J connectivity index is 2.76. The van der Waals surface area contributed by atoms with E-state index in [9.17, 15) is 10.1 Å². The molecule has 0 aromatic carbocycles. The normalized spacial score (nSPS) is 17.3. The van der Waals surface area contributed by atoms with Crippen molar-refractivity contribution in [3.8, 4) is 6.07 Å². The van der Waals surface area contributed by atoms with Crippen LogP contribution in [0.15, 0.2) is 11.8 Å². The summed E-state index contributed by atoms with van der Waals surface area (Å²) in [6.07, 6.45) is 1.70. The van der Waals surface area contributed by atoms with Crippen LogP contribution in [-0.4, -0.2) is 72.0 Å². The standard InChI is InChI=1S/C16H29N5O/c1-5-21(16(2,3)4)13-14(12-18)15(22)20-10-8-19(7-6-17)9-11-20/h13H,5-11,17H2,1-4H3/b14-13-. The molecule has 0 saturated carbocycles. The summed E-state index contributed by atoms with van der Waals surface area (Å²) in [4.78, 5) is 18.6. The number of carbonyl (C=O) groups is 1. The van der Waals surface area contributed by atoms with Gasteiger partial charge in [-0.05, 0) is 27.7 Å². The highest BCUT2D eigenvalue weighted by Crippen LogP contribution is 2.16. The average Bonchev–Trinajstić information content (AvgIpc) is 2.47. The van der Waals surface area contributed by atoms with Gasteiger partial charge in [-0.2, -0.15) is 5.26 Å². The summed E-state index contributed by atoms with van der Waals surface area (Å²) < 4.78 is 0. The zero-order chi connectivity index (χ0) is 16.8. The molecule has 6 heteroatoms. The van der Waals surface area contributed by atoms with E-state index in [0.29, 0.717) is 19.6 Å². The summed E-state index contributed by atoms with van der Waals surface area (Å²) in [7, 11) is 0. The van der Waals surface area contributed by atoms with Gasteiger partial charge in [0.15, 0.2) is 0 Å². The van der Waals surface area contributed by atoms with Crippen molar-refractivity contribution in [1.29, 1.82) is 5.26 Å². The van der Waals surface area contributed by atoms with E-state index in [1.165, 1.54) is 0 Å².